The van der Waals surface area contributed by atoms with Gasteiger partial charge in [-0.15, -0.1) is 0 Å². The van der Waals surface area contributed by atoms with Crippen LogP contribution in [-0.2, 0) is 14.3 Å². The predicted octanol–water partition coefficient (Wildman–Crippen LogP) is 2.66. The van der Waals surface area contributed by atoms with Gasteiger partial charge in [-0.2, -0.15) is 0 Å². The summed E-state index contributed by atoms with van der Waals surface area (Å²) in [6, 6.07) is 0.811. The molecule has 4 aliphatic rings. The lowest BCUT2D eigenvalue weighted by atomic mass is 9.94. The van der Waals surface area contributed by atoms with E-state index < -0.39 is 0 Å². The summed E-state index contributed by atoms with van der Waals surface area (Å²) in [5.41, 5.74) is 0. The number of carbonyl (C=O) groups is 2. The summed E-state index contributed by atoms with van der Waals surface area (Å²) in [7, 11) is 0. The zero-order valence-electron chi connectivity index (χ0n) is 18.0. The molecule has 1 unspecified atom stereocenters. The lowest BCUT2D eigenvalue weighted by molar-refractivity contribution is -0.143. The smallest absolute Gasteiger partial charge is 0.242 e. The fraction of sp³-hybridized carbons (Fsp3) is 0.913. The average Bonchev–Trinajstić information content (AvgIpc) is 3.44. The molecule has 2 amide bonds. The van der Waals surface area contributed by atoms with Crippen molar-refractivity contribution in [1.82, 2.24) is 14.7 Å². The lowest BCUT2D eigenvalue weighted by Gasteiger charge is -2.38. The van der Waals surface area contributed by atoms with Gasteiger partial charge in [-0.3, -0.25) is 9.59 Å². The van der Waals surface area contributed by atoms with Gasteiger partial charge in [0.2, 0.25) is 11.8 Å². The monoisotopic (exact) mass is 405 g/mol. The van der Waals surface area contributed by atoms with Gasteiger partial charge < -0.3 is 19.4 Å². The molecule has 4 rings (SSSR count). The number of rotatable bonds is 7. The summed E-state index contributed by atoms with van der Waals surface area (Å²) >= 11 is 0. The van der Waals surface area contributed by atoms with E-state index >= 15 is 0 Å². The van der Waals surface area contributed by atoms with Crippen LogP contribution in [0.25, 0.3) is 0 Å². The molecule has 3 heterocycles. The molecule has 1 aliphatic carbocycles. The van der Waals surface area contributed by atoms with Gasteiger partial charge in [0.1, 0.15) is 0 Å². The van der Waals surface area contributed by atoms with E-state index in [-0.39, 0.29) is 24.5 Å². The summed E-state index contributed by atoms with van der Waals surface area (Å²) in [5, 5.41) is 0. The number of ether oxygens (including phenoxy) is 1. The van der Waals surface area contributed by atoms with Crippen LogP contribution in [0.15, 0.2) is 0 Å². The molecule has 0 bridgehead atoms. The van der Waals surface area contributed by atoms with Crippen LogP contribution in [0.2, 0.25) is 0 Å². The predicted molar refractivity (Wildman–Crippen MR) is 113 cm³/mol. The minimum atomic E-state index is 0.119. The molecule has 0 aromatic carbocycles. The molecule has 0 radical (unpaired) electrons. The third kappa shape index (κ3) is 5.72. The van der Waals surface area contributed by atoms with Crippen molar-refractivity contribution >= 4 is 11.8 Å². The SMILES string of the molecule is O=C1CCCCN1CC(=O)N(CC1CCN(C2CCCC2)CC1)CC1CCCO1. The van der Waals surface area contributed by atoms with E-state index in [9.17, 15) is 9.59 Å². The van der Waals surface area contributed by atoms with Gasteiger partial charge in [-0.1, -0.05) is 12.8 Å². The molecule has 3 aliphatic heterocycles. The van der Waals surface area contributed by atoms with E-state index in [0.717, 1.165) is 51.4 Å². The number of carbonyl (C=O) groups excluding carboxylic acids is 2. The Morgan fingerprint density at radius 3 is 2.41 bits per heavy atom. The maximum Gasteiger partial charge on any atom is 0.242 e. The van der Waals surface area contributed by atoms with E-state index in [4.69, 9.17) is 4.74 Å². The van der Waals surface area contributed by atoms with E-state index in [1.54, 1.807) is 4.90 Å². The Kier molecular flexibility index (Phi) is 7.46. The van der Waals surface area contributed by atoms with Gasteiger partial charge in [-0.25, -0.2) is 0 Å². The van der Waals surface area contributed by atoms with E-state index in [1.807, 2.05) is 4.90 Å². The van der Waals surface area contributed by atoms with Crippen LogP contribution in [-0.4, -0.2) is 84.5 Å². The molecule has 1 atom stereocenters. The second-order valence-corrected chi connectivity index (χ2v) is 9.62. The molecule has 6 nitrogen and oxygen atoms in total. The molecule has 4 fully saturated rings. The maximum absolute atomic E-state index is 13.2. The second-order valence-electron chi connectivity index (χ2n) is 9.62. The summed E-state index contributed by atoms with van der Waals surface area (Å²) in [5.74, 6) is 0.843. The Hall–Kier alpha value is -1.14. The third-order valence-electron chi connectivity index (χ3n) is 7.52. The molecule has 3 saturated heterocycles. The van der Waals surface area contributed by atoms with Gasteiger partial charge in [0, 0.05) is 38.7 Å². The molecular weight excluding hydrogens is 366 g/mol. The Labute approximate surface area is 175 Å². The Morgan fingerprint density at radius 2 is 1.72 bits per heavy atom. The second kappa shape index (κ2) is 10.3. The van der Waals surface area contributed by atoms with Crippen LogP contribution in [0.4, 0.5) is 0 Å². The van der Waals surface area contributed by atoms with Gasteiger partial charge in [0.25, 0.3) is 0 Å². The Morgan fingerprint density at radius 1 is 0.931 bits per heavy atom. The highest BCUT2D eigenvalue weighted by Gasteiger charge is 2.31. The van der Waals surface area contributed by atoms with Crippen LogP contribution < -0.4 is 0 Å². The molecule has 164 valence electrons. The van der Waals surface area contributed by atoms with Gasteiger partial charge >= 0.3 is 0 Å². The van der Waals surface area contributed by atoms with E-state index in [0.29, 0.717) is 18.9 Å². The van der Waals surface area contributed by atoms with Crippen molar-refractivity contribution in [2.75, 3.05) is 45.9 Å². The molecule has 0 aromatic heterocycles. The normalized spacial score (nSPS) is 27.7. The van der Waals surface area contributed by atoms with Gasteiger partial charge in [-0.05, 0) is 70.4 Å². The van der Waals surface area contributed by atoms with Crippen LogP contribution in [0.1, 0.15) is 70.6 Å². The van der Waals surface area contributed by atoms with E-state index in [2.05, 4.69) is 4.90 Å². The van der Waals surface area contributed by atoms with Gasteiger partial charge in [0.05, 0.1) is 12.6 Å². The number of hydrogen-bond donors (Lipinski definition) is 0. The highest BCUT2D eigenvalue weighted by Crippen LogP contribution is 2.28. The molecule has 0 N–H and O–H groups in total. The van der Waals surface area contributed by atoms with Crippen molar-refractivity contribution in [1.29, 1.82) is 0 Å². The third-order valence-corrected chi connectivity index (χ3v) is 7.52. The zero-order valence-corrected chi connectivity index (χ0v) is 18.0. The van der Waals surface area contributed by atoms with Crippen LogP contribution in [0.5, 0.6) is 0 Å². The first-order valence-electron chi connectivity index (χ1n) is 12.1. The zero-order chi connectivity index (χ0) is 20.1. The summed E-state index contributed by atoms with van der Waals surface area (Å²) < 4.78 is 5.84. The van der Waals surface area contributed by atoms with Crippen LogP contribution >= 0.6 is 0 Å². The fourth-order valence-corrected chi connectivity index (χ4v) is 5.69. The van der Waals surface area contributed by atoms with Crippen molar-refractivity contribution < 1.29 is 14.3 Å². The standard InChI is InChI=1S/C23H39N3O3/c27-22-9-3-4-12-25(22)18-23(28)26(17-21-8-5-15-29-21)16-19-10-13-24(14-11-19)20-6-1-2-7-20/h19-21H,1-18H2. The minimum absolute atomic E-state index is 0.119. The van der Waals surface area contributed by atoms with Gasteiger partial charge in [0.15, 0.2) is 0 Å². The molecular formula is C23H39N3O3. The van der Waals surface area contributed by atoms with Crippen molar-refractivity contribution in [2.45, 2.75) is 82.8 Å². The first-order chi connectivity index (χ1) is 14.2. The minimum Gasteiger partial charge on any atom is -0.376 e. The maximum atomic E-state index is 13.2. The number of piperidine rings is 2. The Balaban J connectivity index is 1.31. The van der Waals surface area contributed by atoms with Crippen molar-refractivity contribution in [3.8, 4) is 0 Å². The number of hydrogen-bond acceptors (Lipinski definition) is 4. The molecule has 1 saturated carbocycles. The first kappa shape index (κ1) is 21.1. The highest BCUT2D eigenvalue weighted by atomic mass is 16.5. The average molecular weight is 406 g/mol. The molecule has 0 spiro atoms. The van der Waals surface area contributed by atoms with E-state index in [1.165, 1.54) is 51.6 Å². The summed E-state index contributed by atoms with van der Waals surface area (Å²) in [4.78, 5) is 31.8. The highest BCUT2D eigenvalue weighted by molar-refractivity contribution is 5.85. The van der Waals surface area contributed by atoms with Crippen molar-refractivity contribution in [2.24, 2.45) is 5.92 Å². The lowest BCUT2D eigenvalue weighted by Crippen LogP contribution is -2.49. The first-order valence-corrected chi connectivity index (χ1v) is 12.1. The summed E-state index contributed by atoms with van der Waals surface area (Å²) in [6.07, 6.45) is 12.8. The fourth-order valence-electron chi connectivity index (χ4n) is 5.69. The number of likely N-dealkylation sites (tertiary alicyclic amines) is 2. The summed E-state index contributed by atoms with van der Waals surface area (Å²) in [6.45, 7) is 5.70. The Bertz CT molecular complexity index is 550. The molecule has 0 aromatic rings. The molecule has 29 heavy (non-hydrogen) atoms. The van der Waals surface area contributed by atoms with Crippen LogP contribution in [0, 0.1) is 5.92 Å². The van der Waals surface area contributed by atoms with Crippen LogP contribution in [0.3, 0.4) is 0 Å². The van der Waals surface area contributed by atoms with Crippen molar-refractivity contribution in [3.05, 3.63) is 0 Å². The van der Waals surface area contributed by atoms with Crippen molar-refractivity contribution in [3.63, 3.8) is 0 Å². The number of nitrogens with zero attached hydrogens (tertiary/aromatic N) is 3. The molecule has 6 heteroatoms. The quantitative estimate of drug-likeness (QED) is 0.653. The topological polar surface area (TPSA) is 53.1 Å². The number of amides is 2. The largest absolute Gasteiger partial charge is 0.376 e.